The molecule has 3 aliphatic rings. The highest BCUT2D eigenvalue weighted by atomic mass is 16.6. The van der Waals surface area contributed by atoms with E-state index in [1.54, 1.807) is 0 Å². The maximum atomic E-state index is 12.6. The van der Waals surface area contributed by atoms with Crippen LogP contribution in [0, 0.1) is 29.6 Å². The number of fused-ring (bicyclic) bond motifs is 5. The van der Waals surface area contributed by atoms with Gasteiger partial charge in [-0.15, -0.1) is 0 Å². The van der Waals surface area contributed by atoms with Gasteiger partial charge in [0.2, 0.25) is 0 Å². The second kappa shape index (κ2) is 7.10. The van der Waals surface area contributed by atoms with Crippen molar-refractivity contribution in [2.45, 2.75) is 84.5 Å². The first kappa shape index (κ1) is 19.6. The molecule has 2 bridgehead atoms. The lowest BCUT2D eigenvalue weighted by Crippen LogP contribution is -2.50. The average molecular weight is 363 g/mol. The van der Waals surface area contributed by atoms with Gasteiger partial charge in [0.25, 0.3) is 0 Å². The van der Waals surface area contributed by atoms with Crippen molar-refractivity contribution in [3.8, 4) is 0 Å². The molecule has 3 fully saturated rings. The Hall–Kier alpha value is -1.16. The van der Waals surface area contributed by atoms with Crippen LogP contribution in [0.4, 0.5) is 0 Å². The summed E-state index contributed by atoms with van der Waals surface area (Å²) in [5.74, 6) is 1.58. The van der Waals surface area contributed by atoms with Gasteiger partial charge in [-0.05, 0) is 44.4 Å². The summed E-state index contributed by atoms with van der Waals surface area (Å²) in [7, 11) is 0. The number of ketones is 1. The van der Waals surface area contributed by atoms with Crippen molar-refractivity contribution in [3.05, 3.63) is 12.2 Å². The topological polar surface area (TPSA) is 52.6 Å². The van der Waals surface area contributed by atoms with Crippen molar-refractivity contribution in [1.29, 1.82) is 0 Å². The highest BCUT2D eigenvalue weighted by Gasteiger charge is 2.58. The van der Waals surface area contributed by atoms with Crippen LogP contribution in [-0.4, -0.2) is 29.6 Å². The Morgan fingerprint density at radius 3 is 2.65 bits per heavy atom. The Morgan fingerprint density at radius 2 is 2.04 bits per heavy atom. The molecule has 7 atom stereocenters. The van der Waals surface area contributed by atoms with Crippen LogP contribution in [0.25, 0.3) is 0 Å². The molecule has 0 aromatic rings. The number of Topliss-reactive ketones (excluding diaryl/α,β-unsaturated/α-hetero) is 1. The molecular formula is C22H34O4. The summed E-state index contributed by atoms with van der Waals surface area (Å²) >= 11 is 0. The van der Waals surface area contributed by atoms with Crippen molar-refractivity contribution < 1.29 is 19.1 Å². The molecule has 3 rings (SSSR count). The molecule has 2 heterocycles. The van der Waals surface area contributed by atoms with E-state index in [4.69, 9.17) is 9.47 Å². The molecule has 4 nitrogen and oxygen atoms in total. The summed E-state index contributed by atoms with van der Waals surface area (Å²) in [5.41, 5.74) is 0.498. The normalized spacial score (nSPS) is 43.5. The summed E-state index contributed by atoms with van der Waals surface area (Å²) in [5, 5.41) is 0. The minimum absolute atomic E-state index is 0.00554. The van der Waals surface area contributed by atoms with E-state index < -0.39 is 5.60 Å². The van der Waals surface area contributed by atoms with Crippen LogP contribution in [0.1, 0.15) is 66.7 Å². The van der Waals surface area contributed by atoms with Crippen LogP contribution in [0.2, 0.25) is 0 Å². The zero-order valence-corrected chi connectivity index (χ0v) is 16.9. The van der Waals surface area contributed by atoms with Crippen LogP contribution in [0.15, 0.2) is 12.2 Å². The van der Waals surface area contributed by atoms with Crippen LogP contribution in [-0.2, 0) is 19.1 Å². The van der Waals surface area contributed by atoms with Crippen molar-refractivity contribution in [1.82, 2.24) is 0 Å². The minimum atomic E-state index is -0.756. The third-order valence-electron chi connectivity index (χ3n) is 7.09. The molecule has 4 heteroatoms. The maximum absolute atomic E-state index is 12.6. The van der Waals surface area contributed by atoms with Crippen molar-refractivity contribution in [2.24, 2.45) is 29.6 Å². The van der Waals surface area contributed by atoms with Gasteiger partial charge in [-0.2, -0.15) is 0 Å². The number of carbonyl (C=O) groups is 2. The smallest absolute Gasteiger partial charge is 0.303 e. The largest absolute Gasteiger partial charge is 0.457 e. The average Bonchev–Trinajstić information content (AvgIpc) is 2.93. The van der Waals surface area contributed by atoms with Crippen LogP contribution in [0.5, 0.6) is 0 Å². The first-order chi connectivity index (χ1) is 12.1. The lowest BCUT2D eigenvalue weighted by Gasteiger charge is -2.45. The quantitative estimate of drug-likeness (QED) is 0.542. The summed E-state index contributed by atoms with van der Waals surface area (Å²) in [6.45, 7) is 14.4. The fraction of sp³-hybridized carbons (Fsp3) is 0.818. The Labute approximate surface area is 157 Å². The molecule has 2 aliphatic heterocycles. The molecule has 1 saturated carbocycles. The molecule has 0 amide bonds. The highest BCUT2D eigenvalue weighted by molar-refractivity contribution is 5.81. The van der Waals surface area contributed by atoms with Crippen molar-refractivity contribution >= 4 is 11.8 Å². The molecule has 0 unspecified atom stereocenters. The van der Waals surface area contributed by atoms with Gasteiger partial charge in [0, 0.05) is 31.1 Å². The van der Waals surface area contributed by atoms with Crippen LogP contribution in [0.3, 0.4) is 0 Å². The first-order valence-electron chi connectivity index (χ1n) is 10.2. The van der Waals surface area contributed by atoms with Gasteiger partial charge in [0.05, 0.1) is 6.10 Å². The van der Waals surface area contributed by atoms with Gasteiger partial charge in [-0.3, -0.25) is 9.59 Å². The predicted molar refractivity (Wildman–Crippen MR) is 101 cm³/mol. The number of rotatable bonds is 2. The summed E-state index contributed by atoms with van der Waals surface area (Å²) in [4.78, 5) is 24.4. The fourth-order valence-electron chi connectivity index (χ4n) is 5.75. The molecule has 0 radical (unpaired) electrons. The van der Waals surface area contributed by atoms with E-state index in [1.807, 2.05) is 13.8 Å². The van der Waals surface area contributed by atoms with Gasteiger partial charge >= 0.3 is 5.97 Å². The zero-order chi connectivity index (χ0) is 19.2. The summed E-state index contributed by atoms with van der Waals surface area (Å²) in [6, 6.07) is 0. The Morgan fingerprint density at radius 1 is 1.35 bits per heavy atom. The second-order valence-corrected chi connectivity index (χ2v) is 9.31. The van der Waals surface area contributed by atoms with E-state index in [-0.39, 0.29) is 35.8 Å². The summed E-state index contributed by atoms with van der Waals surface area (Å²) < 4.78 is 12.5. The standard InChI is InChI=1S/C22H34O4/c1-12(2)16-8-7-13(3)19-18-11-14(4)17(24)9-10-22(6,26-15(5)23)21(25-18)20(16)19/h12,14,16,18-21H,3,7-11H2,1-2,4-6H3/t14-,16-,18-,19-,20-,21-,22-/m0/s1. The third-order valence-corrected chi connectivity index (χ3v) is 7.09. The lowest BCUT2D eigenvalue weighted by molar-refractivity contribution is -0.179. The van der Waals surface area contributed by atoms with E-state index in [9.17, 15) is 9.59 Å². The molecule has 0 aromatic heterocycles. The monoisotopic (exact) mass is 362 g/mol. The molecular weight excluding hydrogens is 328 g/mol. The van der Waals surface area contributed by atoms with Gasteiger partial charge < -0.3 is 9.47 Å². The molecule has 0 spiro atoms. The molecule has 26 heavy (non-hydrogen) atoms. The van der Waals surface area contributed by atoms with Crippen molar-refractivity contribution in [2.75, 3.05) is 0 Å². The Balaban J connectivity index is 2.05. The zero-order valence-electron chi connectivity index (χ0n) is 16.9. The van der Waals surface area contributed by atoms with Crippen LogP contribution < -0.4 is 0 Å². The van der Waals surface area contributed by atoms with E-state index in [2.05, 4.69) is 20.4 Å². The fourth-order valence-corrected chi connectivity index (χ4v) is 5.75. The van der Waals surface area contributed by atoms with Gasteiger partial charge in [0.1, 0.15) is 17.5 Å². The lowest BCUT2D eigenvalue weighted by atomic mass is 9.61. The molecule has 146 valence electrons. The Bertz CT molecular complexity index is 595. The number of ether oxygens (including phenoxy) is 2. The second-order valence-electron chi connectivity index (χ2n) is 9.31. The number of esters is 1. The van der Waals surface area contributed by atoms with Crippen LogP contribution >= 0.6 is 0 Å². The van der Waals surface area contributed by atoms with E-state index in [0.717, 1.165) is 19.3 Å². The SMILES string of the molecule is C=C1CC[C@@H](C(C)C)[C@H]2[C@@H]1[C@@H]1C[C@H](C)C(=O)CC[C@](C)(OC(C)=O)[C@H]2O1. The Kier molecular flexibility index (Phi) is 5.35. The molecule has 0 aromatic carbocycles. The summed E-state index contributed by atoms with van der Waals surface area (Å²) in [6.07, 6.45) is 3.72. The van der Waals surface area contributed by atoms with E-state index in [1.165, 1.54) is 12.5 Å². The molecule has 0 N–H and O–H groups in total. The van der Waals surface area contributed by atoms with E-state index >= 15 is 0 Å². The molecule has 1 aliphatic carbocycles. The van der Waals surface area contributed by atoms with E-state index in [0.29, 0.717) is 30.6 Å². The molecule has 2 saturated heterocycles. The minimum Gasteiger partial charge on any atom is -0.457 e. The maximum Gasteiger partial charge on any atom is 0.303 e. The van der Waals surface area contributed by atoms with Gasteiger partial charge in [0.15, 0.2) is 0 Å². The number of carbonyl (C=O) groups excluding carboxylic acids is 2. The third kappa shape index (κ3) is 3.37. The number of hydrogen-bond donors (Lipinski definition) is 0. The first-order valence-corrected chi connectivity index (χ1v) is 10.2. The number of hydrogen-bond acceptors (Lipinski definition) is 4. The predicted octanol–water partition coefficient (Wildman–Crippen LogP) is 4.32. The highest BCUT2D eigenvalue weighted by Crippen LogP contribution is 2.55. The van der Waals surface area contributed by atoms with Gasteiger partial charge in [-0.25, -0.2) is 0 Å². The van der Waals surface area contributed by atoms with Crippen molar-refractivity contribution in [3.63, 3.8) is 0 Å². The van der Waals surface area contributed by atoms with Gasteiger partial charge in [-0.1, -0.05) is 32.9 Å².